The molecular weight excluding hydrogens is 316 g/mol. The fourth-order valence-corrected chi connectivity index (χ4v) is 4.22. The Morgan fingerprint density at radius 2 is 2.09 bits per heavy atom. The molecule has 1 saturated heterocycles. The normalized spacial score (nSPS) is 19.4. The average Bonchev–Trinajstić information content (AvgIpc) is 3.01. The molecule has 0 amide bonds. The van der Waals surface area contributed by atoms with Gasteiger partial charge in [-0.3, -0.25) is 0 Å². The monoisotopic (exact) mass is 332 g/mol. The third kappa shape index (κ3) is 3.11. The van der Waals surface area contributed by atoms with Gasteiger partial charge in [-0.25, -0.2) is 8.42 Å². The lowest BCUT2D eigenvalue weighted by Crippen LogP contribution is -2.39. The number of rotatable bonds is 3. The molecule has 1 aliphatic heterocycles. The highest BCUT2D eigenvalue weighted by atomic mass is 32.2. The van der Waals surface area contributed by atoms with Crippen LogP contribution in [0.1, 0.15) is 36.0 Å². The lowest BCUT2D eigenvalue weighted by atomic mass is 10.00. The molecule has 23 heavy (non-hydrogen) atoms. The molecule has 0 N–H and O–H groups in total. The molecule has 0 radical (unpaired) electrons. The third-order valence-electron chi connectivity index (χ3n) is 3.90. The van der Waals surface area contributed by atoms with Gasteiger partial charge in [0.05, 0.1) is 22.4 Å². The van der Waals surface area contributed by atoms with E-state index in [0.717, 1.165) is 12.8 Å². The Balaban J connectivity index is 1.83. The van der Waals surface area contributed by atoms with E-state index in [9.17, 15) is 8.42 Å². The highest BCUT2D eigenvalue weighted by molar-refractivity contribution is 7.89. The summed E-state index contributed by atoms with van der Waals surface area (Å²) in [6.07, 6.45) is 1.56. The Kier molecular flexibility index (Phi) is 4.15. The van der Waals surface area contributed by atoms with Gasteiger partial charge < -0.3 is 4.52 Å². The summed E-state index contributed by atoms with van der Waals surface area (Å²) in [7, 11) is -3.59. The molecule has 0 spiro atoms. The average molecular weight is 332 g/mol. The first kappa shape index (κ1) is 15.6. The summed E-state index contributed by atoms with van der Waals surface area (Å²) in [4.78, 5) is 4.40. The number of nitriles is 1. The van der Waals surface area contributed by atoms with Gasteiger partial charge in [-0.05, 0) is 44.0 Å². The summed E-state index contributed by atoms with van der Waals surface area (Å²) >= 11 is 0. The Bertz CT molecular complexity index is 836. The number of benzene rings is 1. The smallest absolute Gasteiger partial charge is 0.243 e. The van der Waals surface area contributed by atoms with Crippen LogP contribution in [0.15, 0.2) is 33.7 Å². The van der Waals surface area contributed by atoms with Crippen LogP contribution in [-0.2, 0) is 10.0 Å². The first-order valence-electron chi connectivity index (χ1n) is 7.31. The summed E-state index contributed by atoms with van der Waals surface area (Å²) in [6.45, 7) is 2.52. The van der Waals surface area contributed by atoms with E-state index in [1.54, 1.807) is 6.92 Å². The molecule has 2 aromatic rings. The van der Waals surface area contributed by atoms with Crippen LogP contribution in [0.2, 0.25) is 0 Å². The zero-order valence-electron chi connectivity index (χ0n) is 12.6. The molecule has 1 fully saturated rings. The lowest BCUT2D eigenvalue weighted by molar-refractivity contribution is 0.265. The van der Waals surface area contributed by atoms with Gasteiger partial charge in [-0.1, -0.05) is 5.16 Å². The van der Waals surface area contributed by atoms with E-state index in [1.807, 2.05) is 6.07 Å². The number of aryl methyl sites for hydroxylation is 1. The van der Waals surface area contributed by atoms with Crippen LogP contribution in [0.3, 0.4) is 0 Å². The minimum absolute atomic E-state index is 0.0851. The van der Waals surface area contributed by atoms with Crippen molar-refractivity contribution in [2.75, 3.05) is 13.1 Å². The number of piperidine rings is 1. The third-order valence-corrected chi connectivity index (χ3v) is 5.78. The van der Waals surface area contributed by atoms with Gasteiger partial charge in [0.25, 0.3) is 0 Å². The molecule has 3 rings (SSSR count). The topological polar surface area (TPSA) is 100 Å². The second kappa shape index (κ2) is 6.10. The van der Waals surface area contributed by atoms with Gasteiger partial charge in [-0.2, -0.15) is 14.6 Å². The van der Waals surface area contributed by atoms with E-state index in [0.29, 0.717) is 30.4 Å². The van der Waals surface area contributed by atoms with E-state index >= 15 is 0 Å². The van der Waals surface area contributed by atoms with Gasteiger partial charge in [0.2, 0.25) is 15.9 Å². The van der Waals surface area contributed by atoms with Gasteiger partial charge in [0.15, 0.2) is 5.82 Å². The predicted molar refractivity (Wildman–Crippen MR) is 80.9 cm³/mol. The summed E-state index contributed by atoms with van der Waals surface area (Å²) in [6, 6.07) is 7.93. The maximum absolute atomic E-state index is 12.7. The van der Waals surface area contributed by atoms with Gasteiger partial charge >= 0.3 is 0 Å². The fourth-order valence-electron chi connectivity index (χ4n) is 2.69. The maximum atomic E-state index is 12.7. The van der Waals surface area contributed by atoms with Crippen molar-refractivity contribution in [3.8, 4) is 6.07 Å². The lowest BCUT2D eigenvalue weighted by Gasteiger charge is -2.30. The van der Waals surface area contributed by atoms with Crippen LogP contribution in [0.25, 0.3) is 0 Å². The largest absolute Gasteiger partial charge is 0.339 e. The highest BCUT2D eigenvalue weighted by Gasteiger charge is 2.33. The molecule has 1 aromatic carbocycles. The predicted octanol–water partition coefficient (Wildman–Crippen LogP) is 1.82. The van der Waals surface area contributed by atoms with Crippen molar-refractivity contribution in [1.82, 2.24) is 14.4 Å². The standard InChI is InChI=1S/C15H16N4O3S/c1-11-17-15(22-18-11)13-3-2-8-19(10-13)23(20,21)14-6-4-12(9-16)5-7-14/h4-7,13H,2-3,8,10H2,1H3/t13-/m1/s1. The molecule has 7 nitrogen and oxygen atoms in total. The minimum atomic E-state index is -3.59. The second-order valence-electron chi connectivity index (χ2n) is 5.52. The SMILES string of the molecule is Cc1noc([C@@H]2CCCN(S(=O)(=O)c3ccc(C#N)cc3)C2)n1. The van der Waals surface area contributed by atoms with E-state index in [-0.39, 0.29) is 10.8 Å². The van der Waals surface area contributed by atoms with Gasteiger partial charge in [-0.15, -0.1) is 0 Å². The van der Waals surface area contributed by atoms with Crippen molar-refractivity contribution in [3.05, 3.63) is 41.5 Å². The number of hydrogen-bond donors (Lipinski definition) is 0. The van der Waals surface area contributed by atoms with Gasteiger partial charge in [0.1, 0.15) is 0 Å². The molecule has 1 aliphatic rings. The number of hydrogen-bond acceptors (Lipinski definition) is 6. The molecule has 1 aromatic heterocycles. The van der Waals surface area contributed by atoms with E-state index in [1.165, 1.54) is 28.6 Å². The first-order chi connectivity index (χ1) is 11.0. The van der Waals surface area contributed by atoms with E-state index < -0.39 is 10.0 Å². The van der Waals surface area contributed by atoms with Crippen LogP contribution in [0.4, 0.5) is 0 Å². The molecule has 0 saturated carbocycles. The molecule has 2 heterocycles. The van der Waals surface area contributed by atoms with Crippen LogP contribution in [-0.4, -0.2) is 36.0 Å². The zero-order valence-corrected chi connectivity index (χ0v) is 13.5. The molecule has 0 unspecified atom stereocenters. The van der Waals surface area contributed by atoms with Crippen molar-refractivity contribution in [2.45, 2.75) is 30.6 Å². The maximum Gasteiger partial charge on any atom is 0.243 e. The van der Waals surface area contributed by atoms with Crippen molar-refractivity contribution in [3.63, 3.8) is 0 Å². The van der Waals surface area contributed by atoms with Crippen molar-refractivity contribution >= 4 is 10.0 Å². The molecule has 0 bridgehead atoms. The number of sulfonamides is 1. The molecule has 0 aliphatic carbocycles. The Morgan fingerprint density at radius 1 is 1.35 bits per heavy atom. The first-order valence-corrected chi connectivity index (χ1v) is 8.75. The molecule has 1 atom stereocenters. The van der Waals surface area contributed by atoms with Gasteiger partial charge in [0, 0.05) is 13.1 Å². The summed E-state index contributed by atoms with van der Waals surface area (Å²) in [5, 5.41) is 12.6. The summed E-state index contributed by atoms with van der Waals surface area (Å²) < 4.78 is 32.1. The Hall–Kier alpha value is -2.24. The summed E-state index contributed by atoms with van der Waals surface area (Å²) in [5.74, 6) is 0.951. The van der Waals surface area contributed by atoms with E-state index in [2.05, 4.69) is 10.1 Å². The van der Waals surface area contributed by atoms with Crippen LogP contribution in [0, 0.1) is 18.3 Å². The second-order valence-corrected chi connectivity index (χ2v) is 7.46. The highest BCUT2D eigenvalue weighted by Crippen LogP contribution is 2.29. The van der Waals surface area contributed by atoms with Crippen molar-refractivity contribution in [2.24, 2.45) is 0 Å². The van der Waals surface area contributed by atoms with Crippen molar-refractivity contribution in [1.29, 1.82) is 5.26 Å². The quantitative estimate of drug-likeness (QED) is 0.850. The number of aromatic nitrogens is 2. The summed E-state index contributed by atoms with van der Waals surface area (Å²) in [5.41, 5.74) is 0.432. The van der Waals surface area contributed by atoms with Crippen LogP contribution >= 0.6 is 0 Å². The zero-order chi connectivity index (χ0) is 16.4. The fraction of sp³-hybridized carbons (Fsp3) is 0.400. The molecular formula is C15H16N4O3S. The van der Waals surface area contributed by atoms with Crippen LogP contribution < -0.4 is 0 Å². The number of nitrogens with zero attached hydrogens (tertiary/aromatic N) is 4. The Labute approximate surface area is 134 Å². The minimum Gasteiger partial charge on any atom is -0.339 e. The van der Waals surface area contributed by atoms with E-state index in [4.69, 9.17) is 9.78 Å². The van der Waals surface area contributed by atoms with Crippen LogP contribution in [0.5, 0.6) is 0 Å². The molecule has 8 heteroatoms. The Morgan fingerprint density at radius 3 is 2.70 bits per heavy atom. The van der Waals surface area contributed by atoms with Crippen molar-refractivity contribution < 1.29 is 12.9 Å². The molecule has 120 valence electrons.